The van der Waals surface area contributed by atoms with E-state index in [1.165, 1.54) is 13.0 Å². The number of nitrogens with zero attached hydrogens (tertiary/aromatic N) is 1. The molecular weight excluding hydrogens is 342 g/mol. The number of rotatable bonds is 3. The van der Waals surface area contributed by atoms with Gasteiger partial charge in [-0.05, 0) is 39.2 Å². The van der Waals surface area contributed by atoms with Crippen LogP contribution < -0.4 is 10.4 Å². The number of carbonyl (C=O) groups is 1. The van der Waals surface area contributed by atoms with Gasteiger partial charge in [0.15, 0.2) is 5.78 Å². The standard InChI is InChI=1S/C22H19NO4/c1-14(24)13-17-19-20(16-11-7-8-12-18(16)26-21(19)25)27-22(17,23(2)3)15-9-5-4-6-10-15/h4-13H,1-3H3/b17-13+. The number of para-hydroxylation sites is 1. The lowest BCUT2D eigenvalue weighted by atomic mass is 9.89. The lowest BCUT2D eigenvalue weighted by Gasteiger charge is -2.37. The van der Waals surface area contributed by atoms with Crippen LogP contribution in [-0.2, 0) is 10.5 Å². The van der Waals surface area contributed by atoms with Crippen molar-refractivity contribution in [3.63, 3.8) is 0 Å². The number of benzene rings is 2. The second-order valence-corrected chi connectivity index (χ2v) is 6.76. The number of hydrogen-bond donors (Lipinski definition) is 0. The third-order valence-electron chi connectivity index (χ3n) is 4.79. The molecule has 0 fully saturated rings. The van der Waals surface area contributed by atoms with Crippen molar-refractivity contribution in [2.24, 2.45) is 0 Å². The highest BCUT2D eigenvalue weighted by atomic mass is 16.5. The van der Waals surface area contributed by atoms with E-state index in [0.717, 1.165) is 5.56 Å². The highest BCUT2D eigenvalue weighted by Gasteiger charge is 2.50. The average Bonchev–Trinajstić information content (AvgIpc) is 2.99. The maximum atomic E-state index is 12.8. The Morgan fingerprint density at radius 2 is 1.70 bits per heavy atom. The Balaban J connectivity index is 2.13. The van der Waals surface area contributed by atoms with Crippen molar-refractivity contribution in [1.29, 1.82) is 0 Å². The molecule has 5 nitrogen and oxygen atoms in total. The summed E-state index contributed by atoms with van der Waals surface area (Å²) in [4.78, 5) is 26.8. The first-order valence-electron chi connectivity index (χ1n) is 8.66. The molecule has 0 N–H and O–H groups in total. The predicted octanol–water partition coefficient (Wildman–Crippen LogP) is 3.57. The number of carbonyl (C=O) groups excluding carboxylic acids is 1. The zero-order chi connectivity index (χ0) is 19.2. The number of fused-ring (bicyclic) bond motifs is 3. The molecule has 2 aromatic carbocycles. The number of allylic oxidation sites excluding steroid dienone is 1. The second kappa shape index (κ2) is 6.21. The summed E-state index contributed by atoms with van der Waals surface area (Å²) in [5.41, 5.74) is 0.430. The SMILES string of the molecule is CC(=O)/C=C1\c2c(c3ccccc3oc2=O)OC1(c1ccccc1)N(C)C. The molecule has 1 aromatic heterocycles. The van der Waals surface area contributed by atoms with Crippen LogP contribution in [0, 0.1) is 0 Å². The average molecular weight is 361 g/mol. The van der Waals surface area contributed by atoms with Crippen LogP contribution >= 0.6 is 0 Å². The fourth-order valence-corrected chi connectivity index (χ4v) is 3.67. The topological polar surface area (TPSA) is 59.8 Å². The molecule has 136 valence electrons. The lowest BCUT2D eigenvalue weighted by Crippen LogP contribution is -2.45. The molecule has 2 heterocycles. The van der Waals surface area contributed by atoms with Crippen molar-refractivity contribution in [2.75, 3.05) is 14.1 Å². The summed E-state index contributed by atoms with van der Waals surface area (Å²) in [7, 11) is 3.72. The van der Waals surface area contributed by atoms with Gasteiger partial charge < -0.3 is 9.15 Å². The number of ketones is 1. The first-order chi connectivity index (χ1) is 12.9. The van der Waals surface area contributed by atoms with E-state index in [9.17, 15) is 9.59 Å². The Kier molecular flexibility index (Phi) is 3.97. The van der Waals surface area contributed by atoms with Gasteiger partial charge in [0.2, 0.25) is 5.72 Å². The number of ether oxygens (including phenoxy) is 1. The fraction of sp³-hybridized carbons (Fsp3) is 0.182. The van der Waals surface area contributed by atoms with Crippen molar-refractivity contribution >= 4 is 22.3 Å². The molecule has 0 amide bonds. The predicted molar refractivity (Wildman–Crippen MR) is 104 cm³/mol. The maximum absolute atomic E-state index is 12.8. The summed E-state index contributed by atoms with van der Waals surface area (Å²) in [5, 5.41) is 0.696. The Bertz CT molecular complexity index is 1130. The van der Waals surface area contributed by atoms with Crippen molar-refractivity contribution < 1.29 is 13.9 Å². The highest BCUT2D eigenvalue weighted by Crippen LogP contribution is 2.51. The summed E-state index contributed by atoms with van der Waals surface area (Å²) in [5.74, 6) is 0.267. The minimum Gasteiger partial charge on any atom is -0.462 e. The van der Waals surface area contributed by atoms with E-state index in [4.69, 9.17) is 9.15 Å². The maximum Gasteiger partial charge on any atom is 0.347 e. The van der Waals surface area contributed by atoms with E-state index in [1.54, 1.807) is 12.1 Å². The quantitative estimate of drug-likeness (QED) is 0.527. The van der Waals surface area contributed by atoms with E-state index in [-0.39, 0.29) is 5.78 Å². The van der Waals surface area contributed by atoms with Crippen LogP contribution in [0.1, 0.15) is 18.1 Å². The van der Waals surface area contributed by atoms with Crippen LogP contribution in [0.2, 0.25) is 0 Å². The lowest BCUT2D eigenvalue weighted by molar-refractivity contribution is -0.112. The number of likely N-dealkylation sites (N-methyl/N-ethyl adjacent to an activating group) is 1. The summed E-state index contributed by atoms with van der Waals surface area (Å²) in [6.07, 6.45) is 1.46. The zero-order valence-corrected chi connectivity index (χ0v) is 15.4. The molecule has 27 heavy (non-hydrogen) atoms. The van der Waals surface area contributed by atoms with E-state index in [1.807, 2.05) is 61.5 Å². The van der Waals surface area contributed by atoms with Crippen LogP contribution in [-0.4, -0.2) is 24.8 Å². The molecule has 4 rings (SSSR count). The molecule has 1 unspecified atom stereocenters. The van der Waals surface area contributed by atoms with Crippen molar-refractivity contribution in [2.45, 2.75) is 12.6 Å². The van der Waals surface area contributed by atoms with Gasteiger partial charge in [0.1, 0.15) is 16.9 Å². The molecule has 0 radical (unpaired) electrons. The van der Waals surface area contributed by atoms with Crippen molar-refractivity contribution in [3.05, 3.63) is 82.2 Å². The molecule has 0 bridgehead atoms. The molecule has 1 atom stereocenters. The van der Waals surface area contributed by atoms with Gasteiger partial charge in [-0.3, -0.25) is 9.69 Å². The normalized spacial score (nSPS) is 20.1. The van der Waals surface area contributed by atoms with E-state index >= 15 is 0 Å². The monoisotopic (exact) mass is 361 g/mol. The van der Waals surface area contributed by atoms with Crippen LogP contribution in [0.5, 0.6) is 5.75 Å². The Labute approximate surface area is 156 Å². The molecule has 0 spiro atoms. The van der Waals surface area contributed by atoms with Crippen molar-refractivity contribution in [3.8, 4) is 5.75 Å². The summed E-state index contributed by atoms with van der Waals surface area (Å²) >= 11 is 0. The molecule has 0 saturated carbocycles. The Morgan fingerprint density at radius 3 is 2.37 bits per heavy atom. The second-order valence-electron chi connectivity index (χ2n) is 6.76. The van der Waals surface area contributed by atoms with Crippen LogP contribution in [0.15, 0.2) is 69.9 Å². The first kappa shape index (κ1) is 17.2. The van der Waals surface area contributed by atoms with Gasteiger partial charge >= 0.3 is 5.63 Å². The van der Waals surface area contributed by atoms with Gasteiger partial charge in [0.25, 0.3) is 0 Å². The highest BCUT2D eigenvalue weighted by molar-refractivity contribution is 6.01. The fourth-order valence-electron chi connectivity index (χ4n) is 3.67. The first-order valence-corrected chi connectivity index (χ1v) is 8.66. The van der Waals surface area contributed by atoms with E-state index < -0.39 is 11.4 Å². The minimum absolute atomic E-state index is 0.170. The van der Waals surface area contributed by atoms with Crippen LogP contribution in [0.3, 0.4) is 0 Å². The smallest absolute Gasteiger partial charge is 0.347 e. The zero-order valence-electron chi connectivity index (χ0n) is 15.4. The van der Waals surface area contributed by atoms with Crippen LogP contribution in [0.4, 0.5) is 0 Å². The molecule has 0 saturated heterocycles. The third-order valence-corrected chi connectivity index (χ3v) is 4.79. The van der Waals surface area contributed by atoms with Crippen molar-refractivity contribution in [1.82, 2.24) is 4.90 Å². The summed E-state index contributed by atoms with van der Waals surface area (Å²) < 4.78 is 12.0. The van der Waals surface area contributed by atoms with Gasteiger partial charge in [-0.15, -0.1) is 0 Å². The number of hydrogen-bond acceptors (Lipinski definition) is 5. The van der Waals surface area contributed by atoms with Gasteiger partial charge in [-0.25, -0.2) is 4.79 Å². The van der Waals surface area contributed by atoms with Gasteiger partial charge in [-0.1, -0.05) is 42.5 Å². The third kappa shape index (κ3) is 2.51. The van der Waals surface area contributed by atoms with Crippen LogP contribution in [0.25, 0.3) is 16.5 Å². The molecule has 5 heteroatoms. The Hall–Kier alpha value is -3.18. The largest absolute Gasteiger partial charge is 0.462 e. The minimum atomic E-state index is -1.10. The van der Waals surface area contributed by atoms with E-state index in [2.05, 4.69) is 0 Å². The summed E-state index contributed by atoms with van der Waals surface area (Å²) in [6, 6.07) is 16.8. The van der Waals surface area contributed by atoms with Gasteiger partial charge in [-0.2, -0.15) is 0 Å². The molecule has 1 aliphatic rings. The van der Waals surface area contributed by atoms with Gasteiger partial charge in [0.05, 0.1) is 5.39 Å². The molecular formula is C22H19NO4. The van der Waals surface area contributed by atoms with E-state index in [0.29, 0.717) is 27.9 Å². The molecule has 0 aliphatic carbocycles. The molecule has 3 aromatic rings. The summed E-state index contributed by atoms with van der Waals surface area (Å²) in [6.45, 7) is 1.46. The Morgan fingerprint density at radius 1 is 1.04 bits per heavy atom. The van der Waals surface area contributed by atoms with Gasteiger partial charge in [0, 0.05) is 11.1 Å². The molecule has 1 aliphatic heterocycles.